The standard InChI is InChI=1S/C9H18N2O/c1-9(2,3)6-11-5-7(10)4-8(11)12/h7H,4-6,10H2,1-3H3. The summed E-state index contributed by atoms with van der Waals surface area (Å²) in [7, 11) is 0. The molecular formula is C9H18N2O. The fourth-order valence-corrected chi connectivity index (χ4v) is 1.53. The van der Waals surface area contributed by atoms with Crippen LogP contribution in [-0.4, -0.2) is 29.9 Å². The maximum Gasteiger partial charge on any atom is 0.224 e. The minimum absolute atomic E-state index is 0.0554. The van der Waals surface area contributed by atoms with Gasteiger partial charge in [0.2, 0.25) is 5.91 Å². The summed E-state index contributed by atoms with van der Waals surface area (Å²) < 4.78 is 0. The first-order chi connectivity index (χ1) is 5.38. The molecule has 1 fully saturated rings. The maximum absolute atomic E-state index is 11.3. The summed E-state index contributed by atoms with van der Waals surface area (Å²) in [5.74, 6) is 0.206. The summed E-state index contributed by atoms with van der Waals surface area (Å²) in [6.45, 7) is 7.94. The van der Waals surface area contributed by atoms with Gasteiger partial charge in [0.1, 0.15) is 0 Å². The molecule has 1 saturated heterocycles. The summed E-state index contributed by atoms with van der Waals surface area (Å²) in [5, 5.41) is 0. The first-order valence-corrected chi connectivity index (χ1v) is 4.42. The van der Waals surface area contributed by atoms with Crippen LogP contribution in [0.2, 0.25) is 0 Å². The Hall–Kier alpha value is -0.570. The molecule has 1 aliphatic rings. The molecule has 1 heterocycles. The fraction of sp³-hybridized carbons (Fsp3) is 0.889. The second-order valence-electron chi connectivity index (χ2n) is 4.80. The van der Waals surface area contributed by atoms with Crippen LogP contribution in [0.5, 0.6) is 0 Å². The third-order valence-corrected chi connectivity index (χ3v) is 1.91. The highest BCUT2D eigenvalue weighted by molar-refractivity contribution is 5.79. The lowest BCUT2D eigenvalue weighted by Crippen LogP contribution is -2.35. The molecule has 1 unspecified atom stereocenters. The van der Waals surface area contributed by atoms with Crippen LogP contribution in [0.15, 0.2) is 0 Å². The molecule has 70 valence electrons. The lowest BCUT2D eigenvalue weighted by Gasteiger charge is -2.26. The molecule has 3 nitrogen and oxygen atoms in total. The summed E-state index contributed by atoms with van der Waals surface area (Å²) in [6.07, 6.45) is 0.524. The molecule has 12 heavy (non-hydrogen) atoms. The van der Waals surface area contributed by atoms with Gasteiger partial charge in [-0.1, -0.05) is 20.8 Å². The average molecular weight is 170 g/mol. The molecule has 0 saturated carbocycles. The van der Waals surface area contributed by atoms with E-state index in [1.165, 1.54) is 0 Å². The Kier molecular flexibility index (Phi) is 2.42. The number of amides is 1. The summed E-state index contributed by atoms with van der Waals surface area (Å²) >= 11 is 0. The molecule has 1 amide bonds. The molecule has 0 spiro atoms. The minimum atomic E-state index is 0.0554. The van der Waals surface area contributed by atoms with Gasteiger partial charge < -0.3 is 10.6 Å². The van der Waals surface area contributed by atoms with Gasteiger partial charge in [0.25, 0.3) is 0 Å². The van der Waals surface area contributed by atoms with Crippen molar-refractivity contribution in [2.24, 2.45) is 11.1 Å². The van der Waals surface area contributed by atoms with E-state index in [1.807, 2.05) is 4.90 Å². The van der Waals surface area contributed by atoms with E-state index >= 15 is 0 Å². The Balaban J connectivity index is 2.49. The predicted molar refractivity (Wildman–Crippen MR) is 48.6 cm³/mol. The van der Waals surface area contributed by atoms with Crippen LogP contribution in [0.3, 0.4) is 0 Å². The van der Waals surface area contributed by atoms with Crippen LogP contribution in [-0.2, 0) is 4.79 Å². The van der Waals surface area contributed by atoms with E-state index in [0.29, 0.717) is 6.42 Å². The maximum atomic E-state index is 11.3. The lowest BCUT2D eigenvalue weighted by atomic mass is 9.96. The summed E-state index contributed by atoms with van der Waals surface area (Å²) in [5.41, 5.74) is 5.85. The third kappa shape index (κ3) is 2.48. The fourth-order valence-electron chi connectivity index (χ4n) is 1.53. The van der Waals surface area contributed by atoms with Crippen molar-refractivity contribution in [3.8, 4) is 0 Å². The van der Waals surface area contributed by atoms with Crippen molar-refractivity contribution in [2.45, 2.75) is 33.2 Å². The van der Waals surface area contributed by atoms with Crippen LogP contribution < -0.4 is 5.73 Å². The molecule has 3 heteroatoms. The van der Waals surface area contributed by atoms with E-state index in [2.05, 4.69) is 20.8 Å². The van der Waals surface area contributed by atoms with Gasteiger partial charge in [-0.2, -0.15) is 0 Å². The number of nitrogens with two attached hydrogens (primary N) is 1. The second kappa shape index (κ2) is 3.05. The third-order valence-electron chi connectivity index (χ3n) is 1.91. The summed E-state index contributed by atoms with van der Waals surface area (Å²) in [6, 6.07) is 0.0554. The van der Waals surface area contributed by atoms with Gasteiger partial charge in [-0.3, -0.25) is 4.79 Å². The largest absolute Gasteiger partial charge is 0.341 e. The Bertz CT molecular complexity index is 183. The van der Waals surface area contributed by atoms with Crippen molar-refractivity contribution in [1.29, 1.82) is 0 Å². The zero-order valence-corrected chi connectivity index (χ0v) is 8.13. The van der Waals surface area contributed by atoms with Crippen LogP contribution in [0.4, 0.5) is 0 Å². The van der Waals surface area contributed by atoms with E-state index in [4.69, 9.17) is 5.73 Å². The number of carbonyl (C=O) groups is 1. The van der Waals surface area contributed by atoms with Gasteiger partial charge in [-0.05, 0) is 5.41 Å². The molecule has 0 aromatic rings. The molecule has 0 bridgehead atoms. The van der Waals surface area contributed by atoms with Crippen molar-refractivity contribution < 1.29 is 4.79 Å². The van der Waals surface area contributed by atoms with E-state index in [-0.39, 0.29) is 17.4 Å². The smallest absolute Gasteiger partial charge is 0.224 e. The van der Waals surface area contributed by atoms with Crippen molar-refractivity contribution in [2.75, 3.05) is 13.1 Å². The molecule has 1 rings (SSSR count). The van der Waals surface area contributed by atoms with Crippen LogP contribution in [0, 0.1) is 5.41 Å². The van der Waals surface area contributed by atoms with Crippen molar-refractivity contribution in [3.63, 3.8) is 0 Å². The van der Waals surface area contributed by atoms with E-state index in [1.54, 1.807) is 0 Å². The van der Waals surface area contributed by atoms with E-state index in [0.717, 1.165) is 13.1 Å². The lowest BCUT2D eigenvalue weighted by molar-refractivity contribution is -0.128. The Morgan fingerprint density at radius 1 is 1.58 bits per heavy atom. The number of hydrogen-bond donors (Lipinski definition) is 1. The first-order valence-electron chi connectivity index (χ1n) is 4.42. The van der Waals surface area contributed by atoms with Crippen LogP contribution in [0.1, 0.15) is 27.2 Å². The zero-order chi connectivity index (χ0) is 9.35. The van der Waals surface area contributed by atoms with Gasteiger partial charge in [0.05, 0.1) is 0 Å². The molecule has 0 radical (unpaired) electrons. The Morgan fingerprint density at radius 3 is 2.50 bits per heavy atom. The van der Waals surface area contributed by atoms with Crippen molar-refractivity contribution in [1.82, 2.24) is 4.90 Å². The molecule has 2 N–H and O–H groups in total. The molecule has 0 aromatic heterocycles. The Morgan fingerprint density at radius 2 is 2.17 bits per heavy atom. The number of carbonyl (C=O) groups excluding carboxylic acids is 1. The zero-order valence-electron chi connectivity index (χ0n) is 8.13. The van der Waals surface area contributed by atoms with Gasteiger partial charge >= 0.3 is 0 Å². The van der Waals surface area contributed by atoms with E-state index < -0.39 is 0 Å². The number of likely N-dealkylation sites (tertiary alicyclic amines) is 1. The van der Waals surface area contributed by atoms with Gasteiger partial charge in [-0.15, -0.1) is 0 Å². The number of hydrogen-bond acceptors (Lipinski definition) is 2. The topological polar surface area (TPSA) is 46.3 Å². The molecule has 0 aromatic carbocycles. The normalized spacial score (nSPS) is 25.2. The van der Waals surface area contributed by atoms with Crippen molar-refractivity contribution >= 4 is 5.91 Å². The summed E-state index contributed by atoms with van der Waals surface area (Å²) in [4.78, 5) is 13.2. The highest BCUT2D eigenvalue weighted by Gasteiger charge is 2.29. The molecule has 0 aliphatic carbocycles. The highest BCUT2D eigenvalue weighted by Crippen LogP contribution is 2.19. The quantitative estimate of drug-likeness (QED) is 0.626. The monoisotopic (exact) mass is 170 g/mol. The van der Waals surface area contributed by atoms with Gasteiger partial charge in [0.15, 0.2) is 0 Å². The van der Waals surface area contributed by atoms with Crippen LogP contribution in [0.25, 0.3) is 0 Å². The minimum Gasteiger partial charge on any atom is -0.341 e. The van der Waals surface area contributed by atoms with E-state index in [9.17, 15) is 4.79 Å². The first kappa shape index (κ1) is 9.52. The SMILES string of the molecule is CC(C)(C)CN1CC(N)CC1=O. The highest BCUT2D eigenvalue weighted by atomic mass is 16.2. The average Bonchev–Trinajstić information content (AvgIpc) is 2.06. The van der Waals surface area contributed by atoms with Gasteiger partial charge in [0, 0.05) is 25.6 Å². The Labute approximate surface area is 73.9 Å². The number of nitrogens with zero attached hydrogens (tertiary/aromatic N) is 1. The predicted octanol–water partition coefficient (Wildman–Crippen LogP) is 0.592. The van der Waals surface area contributed by atoms with Crippen LogP contribution >= 0.6 is 0 Å². The van der Waals surface area contributed by atoms with Crippen molar-refractivity contribution in [3.05, 3.63) is 0 Å². The molecule has 1 atom stereocenters. The van der Waals surface area contributed by atoms with Gasteiger partial charge in [-0.25, -0.2) is 0 Å². The number of rotatable bonds is 1. The molecule has 1 aliphatic heterocycles. The second-order valence-corrected chi connectivity index (χ2v) is 4.80. The molecular weight excluding hydrogens is 152 g/mol.